The zero-order valence-electron chi connectivity index (χ0n) is 16.3. The molecular weight excluding hydrogens is 348 g/mol. The lowest BCUT2D eigenvalue weighted by Crippen LogP contribution is -2.52. The quantitative estimate of drug-likeness (QED) is 0.468. The van der Waals surface area contributed by atoms with Crippen molar-refractivity contribution in [2.75, 3.05) is 64.3 Å². The molecule has 3 rings (SSSR count). The number of hydrogen-bond acceptors (Lipinski definition) is 3. The Bertz CT molecular complexity index is 623. The van der Waals surface area contributed by atoms with E-state index in [9.17, 15) is 8.78 Å². The fourth-order valence-corrected chi connectivity index (χ4v) is 3.89. The van der Waals surface area contributed by atoms with Gasteiger partial charge in [-0.15, -0.1) is 0 Å². The van der Waals surface area contributed by atoms with Crippen LogP contribution >= 0.6 is 0 Å². The van der Waals surface area contributed by atoms with Gasteiger partial charge in [-0.1, -0.05) is 0 Å². The highest BCUT2D eigenvalue weighted by Gasteiger charge is 2.22. The molecule has 0 aliphatic carbocycles. The van der Waals surface area contributed by atoms with Crippen LogP contribution in [0.5, 0.6) is 0 Å². The molecule has 1 aromatic rings. The number of unbranched alkanes of at least 4 members (excludes halogenated alkanes) is 1. The number of aliphatic imine (C=N–C) groups is 1. The molecule has 1 aromatic carbocycles. The summed E-state index contributed by atoms with van der Waals surface area (Å²) in [5.41, 5.74) is 0.347. The summed E-state index contributed by atoms with van der Waals surface area (Å²) < 4.78 is 27.4. The summed E-state index contributed by atoms with van der Waals surface area (Å²) in [4.78, 5) is 11.0. The number of benzene rings is 1. The van der Waals surface area contributed by atoms with E-state index < -0.39 is 5.82 Å². The van der Waals surface area contributed by atoms with Gasteiger partial charge in [0.2, 0.25) is 0 Å². The Hall–Kier alpha value is -1.89. The van der Waals surface area contributed by atoms with Crippen molar-refractivity contribution < 1.29 is 8.78 Å². The molecule has 1 N–H and O–H groups in total. The van der Waals surface area contributed by atoms with E-state index in [1.807, 2.05) is 4.90 Å². The number of anilines is 1. The zero-order valence-corrected chi connectivity index (χ0v) is 16.3. The Morgan fingerprint density at radius 3 is 2.48 bits per heavy atom. The van der Waals surface area contributed by atoms with Gasteiger partial charge in [-0.25, -0.2) is 8.78 Å². The summed E-state index contributed by atoms with van der Waals surface area (Å²) in [5, 5.41) is 3.44. The van der Waals surface area contributed by atoms with Crippen molar-refractivity contribution in [2.24, 2.45) is 4.99 Å². The van der Waals surface area contributed by atoms with Crippen LogP contribution in [0.15, 0.2) is 23.2 Å². The largest absolute Gasteiger partial charge is 0.366 e. The maximum Gasteiger partial charge on any atom is 0.193 e. The van der Waals surface area contributed by atoms with E-state index >= 15 is 0 Å². The van der Waals surface area contributed by atoms with Crippen molar-refractivity contribution in [1.29, 1.82) is 0 Å². The van der Waals surface area contributed by atoms with E-state index in [0.29, 0.717) is 18.8 Å². The number of piperazine rings is 1. The Morgan fingerprint density at radius 2 is 1.78 bits per heavy atom. The maximum absolute atomic E-state index is 14.0. The molecule has 150 valence electrons. The minimum Gasteiger partial charge on any atom is -0.366 e. The maximum atomic E-state index is 14.0. The van der Waals surface area contributed by atoms with Crippen LogP contribution in [-0.2, 0) is 0 Å². The summed E-state index contributed by atoms with van der Waals surface area (Å²) in [5.74, 6) is 0.126. The van der Waals surface area contributed by atoms with Gasteiger partial charge in [0.15, 0.2) is 5.96 Å². The second kappa shape index (κ2) is 9.88. The summed E-state index contributed by atoms with van der Waals surface area (Å²) >= 11 is 0. The SMILES string of the molecule is CN=C(NCCCCN1CCCC1)N1CCN(c2cc(F)ccc2F)CC1. The third kappa shape index (κ3) is 5.54. The first-order chi connectivity index (χ1) is 13.2. The fraction of sp³-hybridized carbons (Fsp3) is 0.650. The first-order valence-electron chi connectivity index (χ1n) is 10.1. The minimum absolute atomic E-state index is 0.347. The van der Waals surface area contributed by atoms with E-state index in [0.717, 1.165) is 38.1 Å². The van der Waals surface area contributed by atoms with Crippen molar-refractivity contribution in [2.45, 2.75) is 25.7 Å². The lowest BCUT2D eigenvalue weighted by Gasteiger charge is -2.37. The third-order valence-electron chi connectivity index (χ3n) is 5.42. The molecule has 5 nitrogen and oxygen atoms in total. The van der Waals surface area contributed by atoms with E-state index in [1.165, 1.54) is 51.0 Å². The lowest BCUT2D eigenvalue weighted by molar-refractivity contribution is 0.329. The highest BCUT2D eigenvalue weighted by Crippen LogP contribution is 2.21. The second-order valence-corrected chi connectivity index (χ2v) is 7.30. The van der Waals surface area contributed by atoms with E-state index in [1.54, 1.807) is 7.05 Å². The molecule has 0 atom stereocenters. The standard InChI is InChI=1S/C20H31F2N5/c1-23-20(24-8-2-3-9-25-10-4-5-11-25)27-14-12-26(13-15-27)19-16-17(21)6-7-18(19)22/h6-7,16H,2-5,8-15H2,1H3,(H,23,24). The van der Waals surface area contributed by atoms with Crippen LogP contribution in [-0.4, -0.2) is 75.2 Å². The minimum atomic E-state index is -0.403. The molecule has 7 heteroatoms. The normalized spacial score (nSPS) is 19.0. The zero-order chi connectivity index (χ0) is 19.1. The van der Waals surface area contributed by atoms with Crippen molar-refractivity contribution in [3.8, 4) is 0 Å². The molecule has 2 saturated heterocycles. The molecule has 0 saturated carbocycles. The van der Waals surface area contributed by atoms with Gasteiger partial charge >= 0.3 is 0 Å². The molecule has 0 amide bonds. The van der Waals surface area contributed by atoms with E-state index in [4.69, 9.17) is 0 Å². The molecule has 0 spiro atoms. The predicted octanol–water partition coefficient (Wildman–Crippen LogP) is 2.54. The first-order valence-corrected chi connectivity index (χ1v) is 10.1. The van der Waals surface area contributed by atoms with Crippen LogP contribution in [0.1, 0.15) is 25.7 Å². The van der Waals surface area contributed by atoms with Gasteiger partial charge in [0.25, 0.3) is 0 Å². The molecule has 0 radical (unpaired) electrons. The summed E-state index contributed by atoms with van der Waals surface area (Å²) in [7, 11) is 1.80. The molecule has 0 bridgehead atoms. The molecule has 2 fully saturated rings. The number of nitrogens with one attached hydrogen (secondary N) is 1. The summed E-state index contributed by atoms with van der Waals surface area (Å²) in [6.45, 7) is 7.40. The molecular formula is C20H31F2N5. The third-order valence-corrected chi connectivity index (χ3v) is 5.42. The van der Waals surface area contributed by atoms with Crippen LogP contribution in [0.4, 0.5) is 14.5 Å². The molecule has 2 aliphatic rings. The molecule has 27 heavy (non-hydrogen) atoms. The number of hydrogen-bond donors (Lipinski definition) is 1. The Labute approximate surface area is 161 Å². The van der Waals surface area contributed by atoms with Crippen LogP contribution in [0, 0.1) is 11.6 Å². The average molecular weight is 379 g/mol. The Kier molecular flexibility index (Phi) is 7.26. The smallest absolute Gasteiger partial charge is 0.193 e. The first kappa shape index (κ1) is 19.9. The van der Waals surface area contributed by atoms with Crippen molar-refractivity contribution in [3.63, 3.8) is 0 Å². The summed E-state index contributed by atoms with van der Waals surface area (Å²) in [6, 6.07) is 3.63. The van der Waals surface area contributed by atoms with Gasteiger partial charge < -0.3 is 20.0 Å². The van der Waals surface area contributed by atoms with Crippen LogP contribution in [0.25, 0.3) is 0 Å². The van der Waals surface area contributed by atoms with Gasteiger partial charge in [0.05, 0.1) is 5.69 Å². The molecule has 0 unspecified atom stereocenters. The number of nitrogens with zero attached hydrogens (tertiary/aromatic N) is 4. The number of rotatable bonds is 6. The van der Waals surface area contributed by atoms with Gasteiger partial charge in [0.1, 0.15) is 11.6 Å². The second-order valence-electron chi connectivity index (χ2n) is 7.30. The lowest BCUT2D eigenvalue weighted by atomic mass is 10.2. The van der Waals surface area contributed by atoms with Crippen molar-refractivity contribution in [1.82, 2.24) is 15.1 Å². The van der Waals surface area contributed by atoms with Gasteiger partial charge in [0, 0.05) is 45.8 Å². The molecule has 2 aliphatic heterocycles. The van der Waals surface area contributed by atoms with Crippen molar-refractivity contribution >= 4 is 11.6 Å². The van der Waals surface area contributed by atoms with Crippen molar-refractivity contribution in [3.05, 3.63) is 29.8 Å². The number of guanidine groups is 1. The fourth-order valence-electron chi connectivity index (χ4n) is 3.89. The van der Waals surface area contributed by atoms with Gasteiger partial charge in [-0.3, -0.25) is 4.99 Å². The van der Waals surface area contributed by atoms with Gasteiger partial charge in [-0.2, -0.15) is 0 Å². The van der Waals surface area contributed by atoms with Crippen LogP contribution < -0.4 is 10.2 Å². The van der Waals surface area contributed by atoms with Gasteiger partial charge in [-0.05, 0) is 57.5 Å². The average Bonchev–Trinajstić information content (AvgIpc) is 3.20. The van der Waals surface area contributed by atoms with E-state index in [2.05, 4.69) is 20.1 Å². The highest BCUT2D eigenvalue weighted by molar-refractivity contribution is 5.80. The van der Waals surface area contributed by atoms with Crippen LogP contribution in [0.2, 0.25) is 0 Å². The summed E-state index contributed by atoms with van der Waals surface area (Å²) in [6.07, 6.45) is 5.02. The molecule has 0 aromatic heterocycles. The topological polar surface area (TPSA) is 34.1 Å². The highest BCUT2D eigenvalue weighted by atomic mass is 19.1. The van der Waals surface area contributed by atoms with Crippen LogP contribution in [0.3, 0.4) is 0 Å². The molecule has 2 heterocycles. The Morgan fingerprint density at radius 1 is 1.04 bits per heavy atom. The Balaban J connectivity index is 1.40. The number of halogens is 2. The monoisotopic (exact) mass is 379 g/mol. The predicted molar refractivity (Wildman–Crippen MR) is 106 cm³/mol. The van der Waals surface area contributed by atoms with E-state index in [-0.39, 0.29) is 5.82 Å². The number of likely N-dealkylation sites (tertiary alicyclic amines) is 1.